The van der Waals surface area contributed by atoms with Crippen molar-refractivity contribution in [2.75, 3.05) is 0 Å². The van der Waals surface area contributed by atoms with E-state index in [4.69, 9.17) is 0 Å². The summed E-state index contributed by atoms with van der Waals surface area (Å²) in [4.78, 5) is 4.52. The van der Waals surface area contributed by atoms with Crippen molar-refractivity contribution in [3.63, 3.8) is 0 Å². The van der Waals surface area contributed by atoms with Crippen LogP contribution in [0.25, 0.3) is 11.4 Å². The third-order valence-corrected chi connectivity index (χ3v) is 3.58. The fourth-order valence-electron chi connectivity index (χ4n) is 1.97. The molecule has 1 aromatic carbocycles. The first-order valence-electron chi connectivity index (χ1n) is 6.19. The maximum Gasteiger partial charge on any atom is 0.141 e. The largest absolute Gasteiger partial charge is 0.390 e. The molecule has 0 saturated carbocycles. The topological polar surface area (TPSA) is 38.0 Å². The SMILES string of the molecule is CCCCn1c(-c2ccccc2)nc(Br)c1CO. The Labute approximate surface area is 116 Å². The molecule has 1 heterocycles. The number of benzene rings is 1. The normalized spacial score (nSPS) is 10.8. The first-order chi connectivity index (χ1) is 8.77. The summed E-state index contributed by atoms with van der Waals surface area (Å²) in [6.45, 7) is 3.05. The fraction of sp³-hybridized carbons (Fsp3) is 0.357. The van der Waals surface area contributed by atoms with Crippen molar-refractivity contribution >= 4 is 15.9 Å². The van der Waals surface area contributed by atoms with Crippen LogP contribution in [0.4, 0.5) is 0 Å². The molecule has 18 heavy (non-hydrogen) atoms. The highest BCUT2D eigenvalue weighted by Crippen LogP contribution is 2.26. The molecule has 0 aliphatic heterocycles. The summed E-state index contributed by atoms with van der Waals surface area (Å²) in [5.74, 6) is 0.917. The van der Waals surface area contributed by atoms with Gasteiger partial charge in [0.1, 0.15) is 10.4 Å². The molecule has 3 nitrogen and oxygen atoms in total. The van der Waals surface area contributed by atoms with Crippen molar-refractivity contribution in [2.24, 2.45) is 0 Å². The predicted octanol–water partition coefficient (Wildman–Crippen LogP) is 3.61. The number of aromatic nitrogens is 2. The van der Waals surface area contributed by atoms with Gasteiger partial charge in [0.25, 0.3) is 0 Å². The second-order valence-electron chi connectivity index (χ2n) is 4.20. The minimum Gasteiger partial charge on any atom is -0.390 e. The highest BCUT2D eigenvalue weighted by Gasteiger charge is 2.15. The molecular formula is C14H17BrN2O. The quantitative estimate of drug-likeness (QED) is 0.916. The highest BCUT2D eigenvalue weighted by molar-refractivity contribution is 9.10. The van der Waals surface area contributed by atoms with Crippen LogP contribution in [0.5, 0.6) is 0 Å². The summed E-state index contributed by atoms with van der Waals surface area (Å²) in [6, 6.07) is 10.1. The fourth-order valence-corrected chi connectivity index (χ4v) is 2.48. The number of aliphatic hydroxyl groups excluding tert-OH is 1. The van der Waals surface area contributed by atoms with Crippen LogP contribution in [0.2, 0.25) is 0 Å². The van der Waals surface area contributed by atoms with Gasteiger partial charge in [-0.2, -0.15) is 0 Å². The van der Waals surface area contributed by atoms with E-state index in [-0.39, 0.29) is 6.61 Å². The molecule has 0 atom stereocenters. The molecular weight excluding hydrogens is 292 g/mol. The molecule has 2 aromatic rings. The van der Waals surface area contributed by atoms with Crippen molar-refractivity contribution in [3.8, 4) is 11.4 Å². The van der Waals surface area contributed by atoms with Crippen LogP contribution in [0.15, 0.2) is 34.9 Å². The maximum atomic E-state index is 9.47. The molecule has 0 spiro atoms. The number of hydrogen-bond donors (Lipinski definition) is 1. The standard InChI is InChI=1S/C14H17BrN2O/c1-2-3-9-17-12(10-18)13(15)16-14(17)11-7-5-4-6-8-11/h4-8,18H,2-3,9-10H2,1H3. The zero-order chi connectivity index (χ0) is 13.0. The first-order valence-corrected chi connectivity index (χ1v) is 6.98. The predicted molar refractivity (Wildman–Crippen MR) is 76.2 cm³/mol. The van der Waals surface area contributed by atoms with E-state index in [1.165, 1.54) is 0 Å². The molecule has 0 bridgehead atoms. The first kappa shape index (κ1) is 13.3. The summed E-state index contributed by atoms with van der Waals surface area (Å²) in [6.07, 6.45) is 2.20. The molecule has 4 heteroatoms. The molecule has 0 unspecified atom stereocenters. The van der Waals surface area contributed by atoms with Gasteiger partial charge in [-0.25, -0.2) is 4.98 Å². The molecule has 0 amide bonds. The van der Waals surface area contributed by atoms with E-state index in [0.717, 1.165) is 41.1 Å². The highest BCUT2D eigenvalue weighted by atomic mass is 79.9. The van der Waals surface area contributed by atoms with Crippen LogP contribution < -0.4 is 0 Å². The second-order valence-corrected chi connectivity index (χ2v) is 4.95. The van der Waals surface area contributed by atoms with Crippen molar-refractivity contribution in [1.82, 2.24) is 9.55 Å². The minimum atomic E-state index is 0.00410. The molecule has 0 fully saturated rings. The monoisotopic (exact) mass is 308 g/mol. The Morgan fingerprint density at radius 1 is 1.28 bits per heavy atom. The summed E-state index contributed by atoms with van der Waals surface area (Å²) in [5.41, 5.74) is 1.93. The van der Waals surface area contributed by atoms with E-state index in [1.54, 1.807) is 0 Å². The van der Waals surface area contributed by atoms with Gasteiger partial charge < -0.3 is 9.67 Å². The summed E-state index contributed by atoms with van der Waals surface area (Å²) in [7, 11) is 0. The van der Waals surface area contributed by atoms with Crippen LogP contribution >= 0.6 is 15.9 Å². The number of halogens is 1. The van der Waals surface area contributed by atoms with Gasteiger partial charge in [0.2, 0.25) is 0 Å². The van der Waals surface area contributed by atoms with E-state index < -0.39 is 0 Å². The van der Waals surface area contributed by atoms with Crippen LogP contribution in [-0.2, 0) is 13.2 Å². The number of hydrogen-bond acceptors (Lipinski definition) is 2. The Bertz CT molecular complexity index is 508. The number of nitrogens with zero attached hydrogens (tertiary/aromatic N) is 2. The van der Waals surface area contributed by atoms with E-state index >= 15 is 0 Å². The third kappa shape index (κ3) is 2.65. The van der Waals surface area contributed by atoms with E-state index in [0.29, 0.717) is 0 Å². The van der Waals surface area contributed by atoms with E-state index in [1.807, 2.05) is 30.3 Å². The molecule has 1 aromatic heterocycles. The summed E-state index contributed by atoms with van der Waals surface area (Å²) in [5, 5.41) is 9.47. The lowest BCUT2D eigenvalue weighted by Crippen LogP contribution is -2.05. The third-order valence-electron chi connectivity index (χ3n) is 2.94. The molecule has 96 valence electrons. The minimum absolute atomic E-state index is 0.00410. The van der Waals surface area contributed by atoms with Crippen LogP contribution in [0.3, 0.4) is 0 Å². The summed E-state index contributed by atoms with van der Waals surface area (Å²) >= 11 is 3.43. The van der Waals surface area contributed by atoms with Crippen LogP contribution in [0, 0.1) is 0 Å². The molecule has 0 aliphatic rings. The second kappa shape index (κ2) is 6.16. The van der Waals surface area contributed by atoms with Crippen LogP contribution in [0.1, 0.15) is 25.5 Å². The Morgan fingerprint density at radius 3 is 2.61 bits per heavy atom. The van der Waals surface area contributed by atoms with Crippen molar-refractivity contribution in [3.05, 3.63) is 40.6 Å². The van der Waals surface area contributed by atoms with Crippen molar-refractivity contribution < 1.29 is 5.11 Å². The molecule has 0 radical (unpaired) electrons. The van der Waals surface area contributed by atoms with Crippen LogP contribution in [-0.4, -0.2) is 14.7 Å². The Hall–Kier alpha value is -1.13. The van der Waals surface area contributed by atoms with Gasteiger partial charge >= 0.3 is 0 Å². The molecule has 1 N–H and O–H groups in total. The van der Waals surface area contributed by atoms with Gasteiger partial charge in [-0.3, -0.25) is 0 Å². The van der Waals surface area contributed by atoms with Crippen molar-refractivity contribution in [2.45, 2.75) is 32.9 Å². The van der Waals surface area contributed by atoms with Gasteiger partial charge in [-0.15, -0.1) is 0 Å². The molecule has 0 saturated heterocycles. The maximum absolute atomic E-state index is 9.47. The number of unbranched alkanes of at least 4 members (excludes halogenated alkanes) is 1. The zero-order valence-corrected chi connectivity index (χ0v) is 12.0. The lowest BCUT2D eigenvalue weighted by atomic mass is 10.2. The Balaban J connectivity index is 2.46. The molecule has 0 aliphatic carbocycles. The average Bonchev–Trinajstić information content (AvgIpc) is 2.73. The van der Waals surface area contributed by atoms with Gasteiger partial charge in [-0.05, 0) is 22.4 Å². The Kier molecular flexibility index (Phi) is 4.55. The van der Waals surface area contributed by atoms with Crippen molar-refractivity contribution in [1.29, 1.82) is 0 Å². The smallest absolute Gasteiger partial charge is 0.141 e. The van der Waals surface area contributed by atoms with E-state index in [9.17, 15) is 5.11 Å². The molecule has 2 rings (SSSR count). The summed E-state index contributed by atoms with van der Waals surface area (Å²) < 4.78 is 2.84. The number of aliphatic hydroxyl groups is 1. The number of imidazole rings is 1. The lowest BCUT2D eigenvalue weighted by molar-refractivity contribution is 0.269. The van der Waals surface area contributed by atoms with Gasteiger partial charge in [0.05, 0.1) is 12.3 Å². The number of rotatable bonds is 5. The zero-order valence-electron chi connectivity index (χ0n) is 10.4. The Morgan fingerprint density at radius 2 is 2.00 bits per heavy atom. The average molecular weight is 309 g/mol. The lowest BCUT2D eigenvalue weighted by Gasteiger charge is -2.10. The van der Waals surface area contributed by atoms with Gasteiger partial charge in [0, 0.05) is 12.1 Å². The van der Waals surface area contributed by atoms with E-state index in [2.05, 4.69) is 32.4 Å². The van der Waals surface area contributed by atoms with Gasteiger partial charge in [-0.1, -0.05) is 43.7 Å². The van der Waals surface area contributed by atoms with Gasteiger partial charge in [0.15, 0.2) is 0 Å².